The van der Waals surface area contributed by atoms with Crippen molar-refractivity contribution in [3.05, 3.63) is 38.9 Å². The molecule has 0 bridgehead atoms. The zero-order chi connectivity index (χ0) is 14.9. The number of hydrogen-bond donors (Lipinski definition) is 1. The Kier molecular flexibility index (Phi) is 4.55. The van der Waals surface area contributed by atoms with Crippen LogP contribution in [0.4, 0.5) is 0 Å². The van der Waals surface area contributed by atoms with Gasteiger partial charge < -0.3 is 5.73 Å². The molecule has 0 spiro atoms. The SMILES string of the molecule is CCc1nnc(C)cc1C(N)Cc1c(Br)c(C)nn1C. The molecule has 6 heteroatoms. The number of nitrogens with two attached hydrogens (primary N) is 1. The highest BCUT2D eigenvalue weighted by Gasteiger charge is 2.18. The fraction of sp³-hybridized carbons (Fsp3) is 0.500. The summed E-state index contributed by atoms with van der Waals surface area (Å²) in [5.41, 5.74) is 11.4. The van der Waals surface area contributed by atoms with Crippen molar-refractivity contribution >= 4 is 15.9 Å². The van der Waals surface area contributed by atoms with E-state index in [2.05, 4.69) is 38.1 Å². The van der Waals surface area contributed by atoms with Gasteiger partial charge in [0.1, 0.15) is 0 Å². The predicted molar refractivity (Wildman–Crippen MR) is 82.4 cm³/mol. The van der Waals surface area contributed by atoms with Gasteiger partial charge in [-0.15, -0.1) is 0 Å². The van der Waals surface area contributed by atoms with E-state index in [9.17, 15) is 0 Å². The lowest BCUT2D eigenvalue weighted by molar-refractivity contribution is 0.628. The van der Waals surface area contributed by atoms with E-state index >= 15 is 0 Å². The summed E-state index contributed by atoms with van der Waals surface area (Å²) in [5, 5.41) is 12.8. The Morgan fingerprint density at radius 1 is 1.35 bits per heavy atom. The highest BCUT2D eigenvalue weighted by molar-refractivity contribution is 9.10. The number of aryl methyl sites for hydroxylation is 4. The molecule has 1 atom stereocenters. The maximum Gasteiger partial charge on any atom is 0.0738 e. The molecule has 0 aliphatic carbocycles. The largest absolute Gasteiger partial charge is 0.324 e. The van der Waals surface area contributed by atoms with E-state index < -0.39 is 0 Å². The Labute approximate surface area is 127 Å². The lowest BCUT2D eigenvalue weighted by Crippen LogP contribution is -2.18. The molecule has 2 N–H and O–H groups in total. The molecule has 2 heterocycles. The molecule has 0 saturated carbocycles. The Morgan fingerprint density at radius 3 is 2.60 bits per heavy atom. The summed E-state index contributed by atoms with van der Waals surface area (Å²) >= 11 is 3.59. The highest BCUT2D eigenvalue weighted by Crippen LogP contribution is 2.26. The molecule has 0 saturated heterocycles. The molecule has 0 amide bonds. The van der Waals surface area contributed by atoms with Crippen molar-refractivity contribution in [1.29, 1.82) is 0 Å². The first-order valence-electron chi connectivity index (χ1n) is 6.70. The predicted octanol–water partition coefficient (Wildman–Crippen LogP) is 2.39. The van der Waals surface area contributed by atoms with E-state index in [-0.39, 0.29) is 6.04 Å². The van der Waals surface area contributed by atoms with Crippen molar-refractivity contribution in [2.75, 3.05) is 0 Å². The second kappa shape index (κ2) is 6.01. The smallest absolute Gasteiger partial charge is 0.0738 e. The Bertz CT molecular complexity index is 620. The molecule has 1 unspecified atom stereocenters. The van der Waals surface area contributed by atoms with Crippen LogP contribution in [0, 0.1) is 13.8 Å². The summed E-state index contributed by atoms with van der Waals surface area (Å²) < 4.78 is 2.92. The molecule has 0 radical (unpaired) electrons. The van der Waals surface area contributed by atoms with E-state index in [0.717, 1.165) is 45.7 Å². The molecule has 2 aromatic heterocycles. The Hall–Kier alpha value is -1.27. The summed E-state index contributed by atoms with van der Waals surface area (Å²) in [5.74, 6) is 0. The minimum atomic E-state index is -0.106. The normalized spacial score (nSPS) is 12.7. The van der Waals surface area contributed by atoms with Gasteiger partial charge in [0, 0.05) is 19.5 Å². The van der Waals surface area contributed by atoms with Crippen LogP contribution in [0.15, 0.2) is 10.5 Å². The zero-order valence-corrected chi connectivity index (χ0v) is 13.9. The Balaban J connectivity index is 2.32. The van der Waals surface area contributed by atoms with Crippen molar-refractivity contribution in [1.82, 2.24) is 20.0 Å². The summed E-state index contributed by atoms with van der Waals surface area (Å²) in [6.45, 7) is 5.99. The van der Waals surface area contributed by atoms with Crippen molar-refractivity contribution in [3.8, 4) is 0 Å². The maximum absolute atomic E-state index is 6.39. The molecular weight excluding hydrogens is 318 g/mol. The summed E-state index contributed by atoms with van der Waals surface area (Å²) in [7, 11) is 1.94. The third-order valence-electron chi connectivity index (χ3n) is 3.44. The molecule has 108 valence electrons. The average Bonchev–Trinajstić information content (AvgIpc) is 2.65. The van der Waals surface area contributed by atoms with E-state index in [0.29, 0.717) is 0 Å². The zero-order valence-electron chi connectivity index (χ0n) is 12.3. The third kappa shape index (κ3) is 2.91. The third-order valence-corrected chi connectivity index (χ3v) is 4.47. The molecule has 0 aliphatic rings. The van der Waals surface area contributed by atoms with Gasteiger partial charge in [-0.05, 0) is 47.8 Å². The number of hydrogen-bond acceptors (Lipinski definition) is 4. The van der Waals surface area contributed by atoms with Gasteiger partial charge in [0.25, 0.3) is 0 Å². The molecule has 5 nitrogen and oxygen atoms in total. The molecule has 0 aromatic carbocycles. The summed E-state index contributed by atoms with van der Waals surface area (Å²) in [6.07, 6.45) is 1.55. The van der Waals surface area contributed by atoms with Gasteiger partial charge in [-0.2, -0.15) is 15.3 Å². The van der Waals surface area contributed by atoms with Crippen LogP contribution < -0.4 is 5.73 Å². The number of nitrogens with zero attached hydrogens (tertiary/aromatic N) is 4. The van der Waals surface area contributed by atoms with E-state index in [1.807, 2.05) is 31.6 Å². The van der Waals surface area contributed by atoms with Gasteiger partial charge >= 0.3 is 0 Å². The number of halogens is 1. The first kappa shape index (κ1) is 15.1. The van der Waals surface area contributed by atoms with Gasteiger partial charge in [-0.3, -0.25) is 4.68 Å². The van der Waals surface area contributed by atoms with E-state index in [4.69, 9.17) is 5.73 Å². The van der Waals surface area contributed by atoms with Crippen LogP contribution in [0.1, 0.15) is 41.3 Å². The second-order valence-corrected chi connectivity index (χ2v) is 5.81. The lowest BCUT2D eigenvalue weighted by atomic mass is 10.00. The van der Waals surface area contributed by atoms with Crippen LogP contribution >= 0.6 is 15.9 Å². The maximum atomic E-state index is 6.39. The molecule has 0 aliphatic heterocycles. The van der Waals surface area contributed by atoms with Gasteiger partial charge in [-0.25, -0.2) is 0 Å². The van der Waals surface area contributed by atoms with Crippen molar-refractivity contribution < 1.29 is 0 Å². The van der Waals surface area contributed by atoms with Crippen LogP contribution in [-0.4, -0.2) is 20.0 Å². The van der Waals surface area contributed by atoms with E-state index in [1.165, 1.54) is 0 Å². The Morgan fingerprint density at radius 2 is 2.05 bits per heavy atom. The first-order chi connectivity index (χ1) is 9.43. The van der Waals surface area contributed by atoms with Crippen molar-refractivity contribution in [2.24, 2.45) is 12.8 Å². The van der Waals surface area contributed by atoms with Gasteiger partial charge in [-0.1, -0.05) is 6.92 Å². The summed E-state index contributed by atoms with van der Waals surface area (Å²) in [4.78, 5) is 0. The highest BCUT2D eigenvalue weighted by atomic mass is 79.9. The topological polar surface area (TPSA) is 69.6 Å². The van der Waals surface area contributed by atoms with Gasteiger partial charge in [0.2, 0.25) is 0 Å². The first-order valence-corrected chi connectivity index (χ1v) is 7.50. The minimum absolute atomic E-state index is 0.106. The number of rotatable bonds is 4. The molecular formula is C14H20BrN5. The fourth-order valence-electron chi connectivity index (χ4n) is 2.35. The standard InChI is InChI=1S/C14H20BrN5/c1-5-12-10(6-8(2)17-18-12)11(16)7-13-14(15)9(3)19-20(13)4/h6,11H,5,7,16H2,1-4H3. The lowest BCUT2D eigenvalue weighted by Gasteiger charge is -2.15. The van der Waals surface area contributed by atoms with Crippen molar-refractivity contribution in [2.45, 2.75) is 39.7 Å². The van der Waals surface area contributed by atoms with E-state index in [1.54, 1.807) is 0 Å². The molecule has 2 rings (SSSR count). The van der Waals surface area contributed by atoms with Crippen LogP contribution in [-0.2, 0) is 19.9 Å². The molecule has 2 aromatic rings. The molecule has 0 fully saturated rings. The van der Waals surface area contributed by atoms with Gasteiger partial charge in [0.05, 0.1) is 27.2 Å². The summed E-state index contributed by atoms with van der Waals surface area (Å²) in [6, 6.07) is 1.93. The minimum Gasteiger partial charge on any atom is -0.324 e. The average molecular weight is 338 g/mol. The van der Waals surface area contributed by atoms with Crippen LogP contribution in [0.25, 0.3) is 0 Å². The molecule has 20 heavy (non-hydrogen) atoms. The van der Waals surface area contributed by atoms with Crippen molar-refractivity contribution in [3.63, 3.8) is 0 Å². The second-order valence-electron chi connectivity index (χ2n) is 5.02. The number of aromatic nitrogens is 4. The van der Waals surface area contributed by atoms with Crippen LogP contribution in [0.2, 0.25) is 0 Å². The quantitative estimate of drug-likeness (QED) is 0.929. The van der Waals surface area contributed by atoms with Crippen LogP contribution in [0.3, 0.4) is 0 Å². The monoisotopic (exact) mass is 337 g/mol. The fourth-order valence-corrected chi connectivity index (χ4v) is 2.85. The van der Waals surface area contributed by atoms with Gasteiger partial charge in [0.15, 0.2) is 0 Å². The van der Waals surface area contributed by atoms with Crippen LogP contribution in [0.5, 0.6) is 0 Å².